The predicted molar refractivity (Wildman–Crippen MR) is 129 cm³/mol. The van der Waals surface area contributed by atoms with Gasteiger partial charge in [-0.2, -0.15) is 0 Å². The molecule has 4 aromatic rings. The first-order valence-electron chi connectivity index (χ1n) is 9.95. The van der Waals surface area contributed by atoms with Crippen LogP contribution in [-0.4, -0.2) is 12.1 Å². The number of aromatic nitrogens is 1. The molecule has 0 aliphatic heterocycles. The number of methoxy groups -OCH3 is 1. The molecule has 0 amide bonds. The van der Waals surface area contributed by atoms with Crippen LogP contribution in [0.4, 0.5) is 5.82 Å². The molecule has 3 aromatic carbocycles. The van der Waals surface area contributed by atoms with Gasteiger partial charge in [0.25, 0.3) is 0 Å². The van der Waals surface area contributed by atoms with E-state index in [0.717, 1.165) is 54.7 Å². The van der Waals surface area contributed by atoms with E-state index in [4.69, 9.17) is 9.72 Å². The van der Waals surface area contributed by atoms with Gasteiger partial charge < -0.3 is 10.1 Å². The van der Waals surface area contributed by atoms with Crippen LogP contribution in [0.2, 0.25) is 0 Å². The predicted octanol–water partition coefficient (Wildman–Crippen LogP) is 7.03. The zero-order valence-corrected chi connectivity index (χ0v) is 17.9. The van der Waals surface area contributed by atoms with Gasteiger partial charge in [0, 0.05) is 15.8 Å². The van der Waals surface area contributed by atoms with Gasteiger partial charge in [0.15, 0.2) is 0 Å². The normalized spacial score (nSPS) is 12.4. The Kier molecular flexibility index (Phi) is 5.09. The van der Waals surface area contributed by atoms with Gasteiger partial charge in [-0.3, -0.25) is 0 Å². The molecule has 0 radical (unpaired) electrons. The number of ether oxygens (including phenoxy) is 1. The molecule has 1 aliphatic carbocycles. The third kappa shape index (κ3) is 3.87. The SMILES string of the molecule is C=C1C=C=C(Nc2nc(Sc3cccc(OC)c3)cc3ccccc23)c2ccccc21. The Bertz CT molecular complexity index is 1380. The second-order valence-corrected chi connectivity index (χ2v) is 8.26. The van der Waals surface area contributed by atoms with Gasteiger partial charge >= 0.3 is 0 Å². The lowest BCUT2D eigenvalue weighted by molar-refractivity contribution is 0.413. The van der Waals surface area contributed by atoms with E-state index < -0.39 is 0 Å². The summed E-state index contributed by atoms with van der Waals surface area (Å²) in [6, 6.07) is 26.6. The number of nitrogens with one attached hydrogen (secondary N) is 1. The molecule has 150 valence electrons. The molecule has 1 aromatic heterocycles. The zero-order chi connectivity index (χ0) is 21.2. The molecule has 31 heavy (non-hydrogen) atoms. The van der Waals surface area contributed by atoms with E-state index >= 15 is 0 Å². The first-order chi connectivity index (χ1) is 15.2. The van der Waals surface area contributed by atoms with E-state index in [-0.39, 0.29) is 0 Å². The molecular formula is C27H20N2OS. The van der Waals surface area contributed by atoms with Crippen LogP contribution in [-0.2, 0) is 0 Å². The third-order valence-electron chi connectivity index (χ3n) is 5.16. The molecule has 0 saturated heterocycles. The van der Waals surface area contributed by atoms with E-state index in [1.54, 1.807) is 18.9 Å². The Labute approximate surface area is 185 Å². The summed E-state index contributed by atoms with van der Waals surface area (Å²) in [6.07, 6.45) is 1.92. The zero-order valence-electron chi connectivity index (χ0n) is 17.1. The molecule has 0 unspecified atom stereocenters. The lowest BCUT2D eigenvalue weighted by Gasteiger charge is -2.18. The Morgan fingerprint density at radius 3 is 2.61 bits per heavy atom. The second kappa shape index (κ2) is 8.19. The Morgan fingerprint density at radius 2 is 1.74 bits per heavy atom. The van der Waals surface area contributed by atoms with Gasteiger partial charge in [0.05, 0.1) is 12.8 Å². The van der Waals surface area contributed by atoms with Crippen molar-refractivity contribution in [3.63, 3.8) is 0 Å². The fraction of sp³-hybridized carbons (Fsp3) is 0.0370. The fourth-order valence-electron chi connectivity index (χ4n) is 3.62. The summed E-state index contributed by atoms with van der Waals surface area (Å²) < 4.78 is 5.36. The van der Waals surface area contributed by atoms with Crippen LogP contribution < -0.4 is 10.1 Å². The van der Waals surface area contributed by atoms with Gasteiger partial charge in [-0.15, -0.1) is 0 Å². The molecule has 5 rings (SSSR count). The number of nitrogens with zero attached hydrogens (tertiary/aromatic N) is 1. The minimum absolute atomic E-state index is 0.807. The van der Waals surface area contributed by atoms with E-state index in [0.29, 0.717) is 0 Å². The molecule has 1 N–H and O–H groups in total. The molecule has 0 bridgehead atoms. The maximum Gasteiger partial charge on any atom is 0.140 e. The largest absolute Gasteiger partial charge is 0.497 e. The first-order valence-corrected chi connectivity index (χ1v) is 10.8. The molecule has 0 saturated carbocycles. The quantitative estimate of drug-likeness (QED) is 0.352. The maximum absolute atomic E-state index is 5.36. The number of hydrogen-bond donors (Lipinski definition) is 1. The highest BCUT2D eigenvalue weighted by Crippen LogP contribution is 2.35. The summed E-state index contributed by atoms with van der Waals surface area (Å²) in [5.74, 6) is 1.64. The van der Waals surface area contributed by atoms with E-state index in [9.17, 15) is 0 Å². The number of allylic oxidation sites excluding steroid dienone is 2. The average molecular weight is 421 g/mol. The van der Waals surface area contributed by atoms with Crippen molar-refractivity contribution >= 4 is 39.6 Å². The van der Waals surface area contributed by atoms with Crippen LogP contribution >= 0.6 is 11.8 Å². The first kappa shape index (κ1) is 19.3. The van der Waals surface area contributed by atoms with Gasteiger partial charge in [-0.05, 0) is 46.9 Å². The number of hydrogen-bond acceptors (Lipinski definition) is 4. The van der Waals surface area contributed by atoms with Crippen molar-refractivity contribution in [2.45, 2.75) is 9.92 Å². The summed E-state index contributed by atoms with van der Waals surface area (Å²) >= 11 is 1.61. The lowest BCUT2D eigenvalue weighted by Crippen LogP contribution is -2.05. The number of anilines is 1. The molecule has 1 aliphatic rings. The summed E-state index contributed by atoms with van der Waals surface area (Å²) in [7, 11) is 1.68. The van der Waals surface area contributed by atoms with Crippen molar-refractivity contribution in [2.75, 3.05) is 12.4 Å². The van der Waals surface area contributed by atoms with E-state index in [1.165, 1.54) is 0 Å². The van der Waals surface area contributed by atoms with Crippen molar-refractivity contribution in [1.29, 1.82) is 0 Å². The van der Waals surface area contributed by atoms with E-state index in [1.807, 2.05) is 48.5 Å². The highest BCUT2D eigenvalue weighted by molar-refractivity contribution is 7.99. The highest BCUT2D eigenvalue weighted by atomic mass is 32.2. The highest BCUT2D eigenvalue weighted by Gasteiger charge is 2.15. The molecule has 4 heteroatoms. The fourth-order valence-corrected chi connectivity index (χ4v) is 4.51. The van der Waals surface area contributed by atoms with Gasteiger partial charge in [-0.25, -0.2) is 4.98 Å². The number of fused-ring (bicyclic) bond motifs is 2. The molecule has 1 heterocycles. The number of benzene rings is 3. The van der Waals surface area contributed by atoms with Gasteiger partial charge in [0.1, 0.15) is 16.6 Å². The molecule has 3 nitrogen and oxygen atoms in total. The third-order valence-corrected chi connectivity index (χ3v) is 6.06. The molecule has 0 fully saturated rings. The van der Waals surface area contributed by atoms with Crippen LogP contribution in [0.3, 0.4) is 0 Å². The number of pyridine rings is 1. The summed E-state index contributed by atoms with van der Waals surface area (Å²) in [6.45, 7) is 4.13. The minimum Gasteiger partial charge on any atom is -0.497 e. The van der Waals surface area contributed by atoms with Crippen molar-refractivity contribution < 1.29 is 4.74 Å². The Balaban J connectivity index is 1.57. The van der Waals surface area contributed by atoms with E-state index in [2.05, 4.69) is 54.0 Å². The maximum atomic E-state index is 5.36. The standard InChI is InChI=1S/C27H20N2OS/c1-18-14-15-25(24-13-6-5-11-22(18)24)28-27-23-12-4-3-8-19(23)16-26(29-27)31-21-10-7-9-20(17-21)30-2/h3-14,16-17H,1H2,2H3,(H,28,29). The minimum atomic E-state index is 0.807. The summed E-state index contributed by atoms with van der Waals surface area (Å²) in [5.41, 5.74) is 7.37. The molecule has 0 atom stereocenters. The average Bonchev–Trinajstić information content (AvgIpc) is 2.81. The second-order valence-electron chi connectivity index (χ2n) is 7.17. The topological polar surface area (TPSA) is 34.2 Å². The van der Waals surface area contributed by atoms with Crippen LogP contribution in [0.15, 0.2) is 107 Å². The summed E-state index contributed by atoms with van der Waals surface area (Å²) in [5, 5.41) is 6.63. The van der Waals surface area contributed by atoms with Crippen LogP contribution in [0.1, 0.15) is 11.1 Å². The Morgan fingerprint density at radius 1 is 0.935 bits per heavy atom. The van der Waals surface area contributed by atoms with Crippen LogP contribution in [0.25, 0.3) is 22.0 Å². The monoisotopic (exact) mass is 420 g/mol. The smallest absolute Gasteiger partial charge is 0.140 e. The lowest BCUT2D eigenvalue weighted by atomic mass is 9.95. The van der Waals surface area contributed by atoms with Crippen LogP contribution in [0, 0.1) is 0 Å². The number of rotatable bonds is 5. The van der Waals surface area contributed by atoms with Gasteiger partial charge in [-0.1, -0.05) is 78.7 Å². The molecular weight excluding hydrogens is 400 g/mol. The van der Waals surface area contributed by atoms with Crippen molar-refractivity contribution in [3.05, 3.63) is 108 Å². The van der Waals surface area contributed by atoms with Crippen molar-refractivity contribution in [2.24, 2.45) is 0 Å². The van der Waals surface area contributed by atoms with Crippen molar-refractivity contribution in [1.82, 2.24) is 4.98 Å². The van der Waals surface area contributed by atoms with Crippen molar-refractivity contribution in [3.8, 4) is 5.75 Å². The molecule has 0 spiro atoms. The van der Waals surface area contributed by atoms with Crippen LogP contribution in [0.5, 0.6) is 5.75 Å². The Hall–Kier alpha value is -3.72. The summed E-state index contributed by atoms with van der Waals surface area (Å²) in [4.78, 5) is 6.03. The van der Waals surface area contributed by atoms with Gasteiger partial charge in [0.2, 0.25) is 0 Å².